The predicted molar refractivity (Wildman–Crippen MR) is 148 cm³/mol. The molecule has 0 bridgehead atoms. The number of aromatic nitrogens is 1. The number of halogens is 7. The summed E-state index contributed by atoms with van der Waals surface area (Å²) in [5.74, 6) is -1.75. The highest BCUT2D eigenvalue weighted by molar-refractivity contribution is 6.03. The van der Waals surface area contributed by atoms with Crippen molar-refractivity contribution in [2.24, 2.45) is 0 Å². The molecule has 13 heteroatoms. The van der Waals surface area contributed by atoms with Crippen LogP contribution >= 0.6 is 0 Å². The minimum Gasteiger partial charge on any atom is -0.468 e. The van der Waals surface area contributed by atoms with Gasteiger partial charge in [0.15, 0.2) is 0 Å². The Bertz CT molecular complexity index is 1550. The van der Waals surface area contributed by atoms with Crippen LogP contribution in [0.15, 0.2) is 48.7 Å². The zero-order valence-corrected chi connectivity index (χ0v) is 24.5. The molecule has 0 radical (unpaired) electrons. The summed E-state index contributed by atoms with van der Waals surface area (Å²) in [7, 11) is 2.61. The number of rotatable bonds is 6. The fraction of sp³-hybridized carbons (Fsp3) is 0.387. The minimum atomic E-state index is -5.09. The molecule has 0 aliphatic carbocycles. The summed E-state index contributed by atoms with van der Waals surface area (Å²) >= 11 is 0. The van der Waals surface area contributed by atoms with E-state index in [2.05, 4.69) is 10.3 Å². The number of amides is 1. The highest BCUT2D eigenvalue weighted by Gasteiger charge is 2.41. The molecule has 2 aromatic carbocycles. The number of aryl methyl sites for hydroxylation is 1. The number of carbonyl (C=O) groups excluding carboxylic acids is 2. The number of carbonyl (C=O) groups is 2. The van der Waals surface area contributed by atoms with Gasteiger partial charge in [-0.1, -0.05) is 6.07 Å². The lowest BCUT2D eigenvalue weighted by atomic mass is 9.81. The van der Waals surface area contributed by atoms with Crippen LogP contribution in [0.25, 0.3) is 11.1 Å². The molecule has 1 saturated heterocycles. The number of hydrogen-bond acceptors (Lipinski definition) is 5. The second-order valence-electron chi connectivity index (χ2n) is 11.2. The number of pyridine rings is 1. The van der Waals surface area contributed by atoms with Crippen LogP contribution in [0.3, 0.4) is 0 Å². The first-order valence-electron chi connectivity index (χ1n) is 13.5. The number of nitrogens with one attached hydrogen (secondary N) is 1. The molecule has 1 aliphatic heterocycles. The zero-order chi connectivity index (χ0) is 32.8. The van der Waals surface area contributed by atoms with Crippen LogP contribution in [0.5, 0.6) is 0 Å². The second-order valence-corrected chi connectivity index (χ2v) is 11.2. The summed E-state index contributed by atoms with van der Waals surface area (Å²) in [6.07, 6.45) is -7.80. The fourth-order valence-corrected chi connectivity index (χ4v) is 5.34. The largest absolute Gasteiger partial charge is 0.468 e. The van der Waals surface area contributed by atoms with E-state index in [1.54, 1.807) is 13.0 Å². The van der Waals surface area contributed by atoms with Crippen LogP contribution in [0.4, 0.5) is 36.4 Å². The molecule has 1 aromatic heterocycles. The molecule has 0 spiro atoms. The van der Waals surface area contributed by atoms with Crippen molar-refractivity contribution in [3.63, 3.8) is 0 Å². The number of anilines is 1. The summed E-state index contributed by atoms with van der Waals surface area (Å²) in [6, 6.07) is 5.83. The third-order valence-electron chi connectivity index (χ3n) is 7.88. The summed E-state index contributed by atoms with van der Waals surface area (Å²) in [5.41, 5.74) is -3.27. The van der Waals surface area contributed by atoms with Crippen molar-refractivity contribution < 1.29 is 45.1 Å². The molecule has 2 heterocycles. The van der Waals surface area contributed by atoms with E-state index in [-0.39, 0.29) is 17.8 Å². The number of hydrogen-bond donors (Lipinski definition) is 1. The second kappa shape index (κ2) is 11.8. The van der Waals surface area contributed by atoms with Gasteiger partial charge < -0.3 is 9.64 Å². The van der Waals surface area contributed by atoms with Crippen molar-refractivity contribution in [3.05, 3.63) is 82.4 Å². The maximum absolute atomic E-state index is 14.0. The van der Waals surface area contributed by atoms with Gasteiger partial charge in [-0.2, -0.15) is 26.3 Å². The lowest BCUT2D eigenvalue weighted by Gasteiger charge is -2.32. The SMILES string of the molecule is COC(=O)[C@@H]1CC[C@H](c2cc(-c3ccc(F)cc3C)c(N(C)C(=O)C(C)(C)c3cc(C(F)(F)F)cc(C(F)(F)F)c3)cn2)N1. The molecule has 0 saturated carbocycles. The smallest absolute Gasteiger partial charge is 0.416 e. The molecule has 6 nitrogen and oxygen atoms in total. The van der Waals surface area contributed by atoms with Crippen molar-refractivity contribution >= 4 is 17.6 Å². The van der Waals surface area contributed by atoms with Gasteiger partial charge in [-0.3, -0.25) is 19.9 Å². The van der Waals surface area contributed by atoms with Gasteiger partial charge in [-0.25, -0.2) is 4.39 Å². The Morgan fingerprint density at radius 2 is 1.50 bits per heavy atom. The average molecular weight is 626 g/mol. The van der Waals surface area contributed by atoms with E-state index in [1.807, 2.05) is 0 Å². The molecular formula is C31H30F7N3O3. The number of alkyl halides is 6. The van der Waals surface area contributed by atoms with Gasteiger partial charge in [0.1, 0.15) is 11.9 Å². The molecule has 1 amide bonds. The van der Waals surface area contributed by atoms with Gasteiger partial charge in [-0.05, 0) is 86.7 Å². The monoisotopic (exact) mass is 625 g/mol. The lowest BCUT2D eigenvalue weighted by molar-refractivity contribution is -0.144. The molecule has 0 unspecified atom stereocenters. The third kappa shape index (κ3) is 6.57. The van der Waals surface area contributed by atoms with Gasteiger partial charge >= 0.3 is 18.3 Å². The van der Waals surface area contributed by atoms with Crippen LogP contribution in [-0.4, -0.2) is 37.1 Å². The molecule has 1 N–H and O–H groups in total. The molecule has 44 heavy (non-hydrogen) atoms. The quantitative estimate of drug-likeness (QED) is 0.233. The van der Waals surface area contributed by atoms with Gasteiger partial charge in [0.2, 0.25) is 5.91 Å². The Morgan fingerprint density at radius 3 is 2.05 bits per heavy atom. The predicted octanol–water partition coefficient (Wildman–Crippen LogP) is 7.14. The van der Waals surface area contributed by atoms with Crippen molar-refractivity contribution in [2.75, 3.05) is 19.1 Å². The number of methoxy groups -OCH3 is 1. The zero-order valence-electron chi connectivity index (χ0n) is 24.5. The van der Waals surface area contributed by atoms with Gasteiger partial charge in [0.05, 0.1) is 47.3 Å². The number of benzene rings is 2. The van der Waals surface area contributed by atoms with Crippen LogP contribution < -0.4 is 10.2 Å². The Balaban J connectivity index is 1.80. The van der Waals surface area contributed by atoms with E-state index >= 15 is 0 Å². The van der Waals surface area contributed by atoms with Crippen LogP contribution in [-0.2, 0) is 32.1 Å². The van der Waals surface area contributed by atoms with E-state index in [9.17, 15) is 40.3 Å². The first-order valence-corrected chi connectivity index (χ1v) is 13.5. The maximum Gasteiger partial charge on any atom is 0.416 e. The minimum absolute atomic E-state index is 0.00758. The van der Waals surface area contributed by atoms with Crippen molar-refractivity contribution in [1.82, 2.24) is 10.3 Å². The summed E-state index contributed by atoms with van der Waals surface area (Å²) < 4.78 is 100. The molecule has 1 aliphatic rings. The Morgan fingerprint density at radius 1 is 0.909 bits per heavy atom. The highest BCUT2D eigenvalue weighted by atomic mass is 19.4. The maximum atomic E-state index is 14.0. The van der Waals surface area contributed by atoms with Gasteiger partial charge in [0, 0.05) is 12.6 Å². The molecule has 1 fully saturated rings. The molecule has 236 valence electrons. The Labute approximate surface area is 249 Å². The average Bonchev–Trinajstić information content (AvgIpc) is 3.45. The molecule has 2 atom stereocenters. The molecular weight excluding hydrogens is 595 g/mol. The summed E-state index contributed by atoms with van der Waals surface area (Å²) in [6.45, 7) is 4.12. The first kappa shape index (κ1) is 32.9. The van der Waals surface area contributed by atoms with E-state index in [0.717, 1.165) is 4.90 Å². The van der Waals surface area contributed by atoms with Crippen LogP contribution in [0, 0.1) is 12.7 Å². The van der Waals surface area contributed by atoms with Crippen molar-refractivity contribution in [2.45, 2.75) is 63.5 Å². The molecule has 4 rings (SSSR count). The first-order chi connectivity index (χ1) is 20.3. The number of nitrogens with zero attached hydrogens (tertiary/aromatic N) is 2. The van der Waals surface area contributed by atoms with E-state index in [0.29, 0.717) is 47.4 Å². The van der Waals surface area contributed by atoms with E-state index < -0.39 is 58.2 Å². The highest BCUT2D eigenvalue weighted by Crippen LogP contribution is 2.41. The standard InChI is InChI=1S/C31H30F7N3O3/c1-16-10-20(32)6-7-21(16)22-14-25(23-8-9-24(40-23)27(42)44-5)39-15-26(22)41(4)28(43)29(2,3)17-11-18(30(33,34)35)13-19(12-17)31(36,37)38/h6-7,10-15,23-24,40H,8-9H2,1-5H3/t23-,24+/m1/s1. The lowest BCUT2D eigenvalue weighted by Crippen LogP contribution is -2.42. The summed E-state index contributed by atoms with van der Waals surface area (Å²) in [5, 5.41) is 3.15. The van der Waals surface area contributed by atoms with Gasteiger partial charge in [-0.15, -0.1) is 0 Å². The number of ether oxygens (including phenoxy) is 1. The van der Waals surface area contributed by atoms with Crippen LogP contribution in [0.2, 0.25) is 0 Å². The number of likely N-dealkylation sites (N-methyl/N-ethyl adjacent to an activating group) is 1. The van der Waals surface area contributed by atoms with Crippen molar-refractivity contribution in [3.8, 4) is 11.1 Å². The molecule has 3 aromatic rings. The Kier molecular flexibility index (Phi) is 8.85. The fourth-order valence-electron chi connectivity index (χ4n) is 5.34. The van der Waals surface area contributed by atoms with E-state index in [4.69, 9.17) is 4.74 Å². The van der Waals surface area contributed by atoms with E-state index in [1.165, 1.54) is 52.4 Å². The van der Waals surface area contributed by atoms with Gasteiger partial charge in [0.25, 0.3) is 0 Å². The number of esters is 1. The normalized spacial score (nSPS) is 17.5. The van der Waals surface area contributed by atoms with Crippen LogP contribution in [0.1, 0.15) is 60.7 Å². The topological polar surface area (TPSA) is 71.5 Å². The van der Waals surface area contributed by atoms with Crippen molar-refractivity contribution in [1.29, 1.82) is 0 Å². The Hall–Kier alpha value is -4.00. The summed E-state index contributed by atoms with van der Waals surface area (Å²) in [4.78, 5) is 31.5. The third-order valence-corrected chi connectivity index (χ3v) is 7.88.